The summed E-state index contributed by atoms with van der Waals surface area (Å²) >= 11 is 8.83. The summed E-state index contributed by atoms with van der Waals surface area (Å²) < 4.78 is 7.26. The molecule has 0 saturated heterocycles. The third kappa shape index (κ3) is 4.39. The number of nitrogens with zero attached hydrogens (tertiary/aromatic N) is 1. The van der Waals surface area contributed by atoms with Gasteiger partial charge >= 0.3 is 0 Å². The van der Waals surface area contributed by atoms with Crippen molar-refractivity contribution in [3.8, 4) is 5.75 Å². The number of thioether (sulfide) groups is 1. The van der Waals surface area contributed by atoms with Gasteiger partial charge in [0.1, 0.15) is 5.75 Å². The standard InChI is InChI=1S/C15H20Br2N2OS/c1-15(2,3)13-5-6-21-14(19-13)18-11-8-12(20-4)10(17)7-9(11)16/h7-8,13H,5-6H2,1-4H3,(H,18,19). The number of ether oxygens (including phenoxy) is 1. The fraction of sp³-hybridized carbons (Fsp3) is 0.533. The van der Waals surface area contributed by atoms with Crippen LogP contribution in [0.5, 0.6) is 5.75 Å². The van der Waals surface area contributed by atoms with Crippen molar-refractivity contribution in [2.24, 2.45) is 10.4 Å². The van der Waals surface area contributed by atoms with Crippen molar-refractivity contribution in [3.05, 3.63) is 21.1 Å². The highest BCUT2D eigenvalue weighted by Gasteiger charge is 2.27. The molecule has 1 N–H and O–H groups in total. The van der Waals surface area contributed by atoms with Gasteiger partial charge in [0.05, 0.1) is 23.3 Å². The number of aliphatic imine (C=N–C) groups is 1. The highest BCUT2D eigenvalue weighted by Crippen LogP contribution is 2.36. The van der Waals surface area contributed by atoms with Crippen LogP contribution in [-0.4, -0.2) is 24.1 Å². The third-order valence-corrected chi connectivity index (χ3v) is 5.58. The molecule has 6 heteroatoms. The Morgan fingerprint density at radius 3 is 2.62 bits per heavy atom. The Balaban J connectivity index is 2.23. The van der Waals surface area contributed by atoms with Crippen molar-refractivity contribution in [2.75, 3.05) is 18.2 Å². The van der Waals surface area contributed by atoms with Gasteiger partial charge in [0.25, 0.3) is 0 Å². The molecule has 1 aromatic rings. The van der Waals surface area contributed by atoms with Crippen LogP contribution in [0.15, 0.2) is 26.1 Å². The van der Waals surface area contributed by atoms with Gasteiger partial charge in [0.2, 0.25) is 0 Å². The van der Waals surface area contributed by atoms with Crippen molar-refractivity contribution < 1.29 is 4.74 Å². The van der Waals surface area contributed by atoms with E-state index in [1.165, 1.54) is 0 Å². The average molecular weight is 436 g/mol. The van der Waals surface area contributed by atoms with Gasteiger partial charge in [0.15, 0.2) is 5.17 Å². The van der Waals surface area contributed by atoms with Crippen molar-refractivity contribution >= 4 is 54.5 Å². The molecule has 0 aromatic heterocycles. The number of methoxy groups -OCH3 is 1. The SMILES string of the molecule is COc1cc(NC2=NC(C(C)(C)C)CCS2)c(Br)cc1Br. The predicted molar refractivity (Wildman–Crippen MR) is 99.8 cm³/mol. The first-order valence-corrected chi connectivity index (χ1v) is 9.39. The molecule has 0 aliphatic carbocycles. The Morgan fingerprint density at radius 1 is 1.29 bits per heavy atom. The fourth-order valence-corrected chi connectivity index (χ4v) is 4.28. The monoisotopic (exact) mass is 434 g/mol. The molecule has 0 radical (unpaired) electrons. The zero-order valence-corrected chi connectivity index (χ0v) is 16.7. The summed E-state index contributed by atoms with van der Waals surface area (Å²) in [7, 11) is 1.67. The van der Waals surface area contributed by atoms with Crippen molar-refractivity contribution in [2.45, 2.75) is 33.2 Å². The summed E-state index contributed by atoms with van der Waals surface area (Å²) in [5.74, 6) is 1.90. The molecular formula is C15H20Br2N2OS. The molecule has 2 rings (SSSR count). The number of halogens is 2. The van der Waals surface area contributed by atoms with Gasteiger partial charge in [-0.1, -0.05) is 32.5 Å². The van der Waals surface area contributed by atoms with Crippen LogP contribution in [0.4, 0.5) is 5.69 Å². The molecule has 0 saturated carbocycles. The molecule has 116 valence electrons. The quantitative estimate of drug-likeness (QED) is 0.661. The Kier molecular flexibility index (Phi) is 5.65. The highest BCUT2D eigenvalue weighted by atomic mass is 79.9. The van der Waals surface area contributed by atoms with E-state index in [0.717, 1.165) is 37.7 Å². The van der Waals surface area contributed by atoms with E-state index in [1.807, 2.05) is 12.1 Å². The molecular weight excluding hydrogens is 416 g/mol. The van der Waals surface area contributed by atoms with Crippen LogP contribution in [0.2, 0.25) is 0 Å². The van der Waals surface area contributed by atoms with Crippen LogP contribution in [0.25, 0.3) is 0 Å². The summed E-state index contributed by atoms with van der Waals surface area (Å²) in [5.41, 5.74) is 1.17. The van der Waals surface area contributed by atoms with Crippen LogP contribution in [0.3, 0.4) is 0 Å². The number of hydrogen-bond acceptors (Lipinski definition) is 4. The van der Waals surface area contributed by atoms with Crippen LogP contribution >= 0.6 is 43.6 Å². The summed E-state index contributed by atoms with van der Waals surface area (Å²) in [6.45, 7) is 6.73. The molecule has 1 unspecified atom stereocenters. The van der Waals surface area contributed by atoms with Crippen molar-refractivity contribution in [3.63, 3.8) is 0 Å². The lowest BCUT2D eigenvalue weighted by Gasteiger charge is -2.31. The van der Waals surface area contributed by atoms with Gasteiger partial charge in [-0.2, -0.15) is 0 Å². The van der Waals surface area contributed by atoms with E-state index in [4.69, 9.17) is 9.73 Å². The molecule has 1 aliphatic heterocycles. The topological polar surface area (TPSA) is 33.6 Å². The number of anilines is 1. The second-order valence-electron chi connectivity index (χ2n) is 6.04. The van der Waals surface area contributed by atoms with E-state index < -0.39 is 0 Å². The first-order valence-electron chi connectivity index (χ1n) is 6.82. The minimum atomic E-state index is 0.197. The lowest BCUT2D eigenvalue weighted by atomic mass is 9.85. The molecule has 1 heterocycles. The van der Waals surface area contributed by atoms with E-state index in [0.29, 0.717) is 6.04 Å². The van der Waals surface area contributed by atoms with E-state index in [9.17, 15) is 0 Å². The summed E-state index contributed by atoms with van der Waals surface area (Å²) in [6, 6.07) is 4.31. The van der Waals surface area contributed by atoms with Gasteiger partial charge in [-0.15, -0.1) is 0 Å². The number of hydrogen-bond donors (Lipinski definition) is 1. The number of amidine groups is 1. The van der Waals surface area contributed by atoms with Crippen molar-refractivity contribution in [1.82, 2.24) is 0 Å². The lowest BCUT2D eigenvalue weighted by Crippen LogP contribution is -2.30. The maximum absolute atomic E-state index is 5.35. The maximum atomic E-state index is 5.35. The minimum Gasteiger partial charge on any atom is -0.495 e. The van der Waals surface area contributed by atoms with Crippen LogP contribution in [-0.2, 0) is 0 Å². The Morgan fingerprint density at radius 2 is 2.00 bits per heavy atom. The largest absolute Gasteiger partial charge is 0.495 e. The van der Waals surface area contributed by atoms with Gasteiger partial charge in [-0.3, -0.25) is 4.99 Å². The van der Waals surface area contributed by atoms with Gasteiger partial charge in [-0.05, 0) is 49.8 Å². The number of benzene rings is 1. The Labute approximate surface area is 147 Å². The van der Waals surface area contributed by atoms with E-state index in [-0.39, 0.29) is 5.41 Å². The maximum Gasteiger partial charge on any atom is 0.161 e. The molecule has 0 fully saturated rings. The minimum absolute atomic E-state index is 0.197. The molecule has 1 atom stereocenters. The lowest BCUT2D eigenvalue weighted by molar-refractivity contribution is 0.316. The molecule has 1 aromatic carbocycles. The molecule has 3 nitrogen and oxygen atoms in total. The molecule has 21 heavy (non-hydrogen) atoms. The molecule has 1 aliphatic rings. The van der Waals surface area contributed by atoms with Gasteiger partial charge in [0, 0.05) is 16.3 Å². The van der Waals surface area contributed by atoms with Crippen LogP contribution < -0.4 is 10.1 Å². The third-order valence-electron chi connectivity index (χ3n) is 3.39. The summed E-state index contributed by atoms with van der Waals surface area (Å²) in [4.78, 5) is 4.86. The van der Waals surface area contributed by atoms with Crippen LogP contribution in [0.1, 0.15) is 27.2 Å². The molecule has 0 bridgehead atoms. The van der Waals surface area contributed by atoms with Gasteiger partial charge in [-0.25, -0.2) is 0 Å². The smallest absolute Gasteiger partial charge is 0.161 e. The summed E-state index contributed by atoms with van der Waals surface area (Å²) in [5, 5.41) is 4.40. The second kappa shape index (κ2) is 6.92. The van der Waals surface area contributed by atoms with Gasteiger partial charge < -0.3 is 10.1 Å². The first kappa shape index (κ1) is 17.2. The fourth-order valence-electron chi connectivity index (χ4n) is 2.10. The van der Waals surface area contributed by atoms with E-state index in [1.54, 1.807) is 18.9 Å². The highest BCUT2D eigenvalue weighted by molar-refractivity contribution is 9.11. The van der Waals surface area contributed by atoms with E-state index >= 15 is 0 Å². The predicted octanol–water partition coefficient (Wildman–Crippen LogP) is 5.54. The second-order valence-corrected chi connectivity index (χ2v) is 8.84. The number of nitrogens with one attached hydrogen (secondary N) is 1. The molecule has 0 spiro atoms. The zero-order chi connectivity index (χ0) is 15.6. The van der Waals surface area contributed by atoms with Crippen molar-refractivity contribution in [1.29, 1.82) is 0 Å². The first-order chi connectivity index (χ1) is 9.81. The Bertz CT molecular complexity index is 555. The number of rotatable bonds is 2. The zero-order valence-electron chi connectivity index (χ0n) is 12.7. The normalized spacial score (nSPS) is 19.1. The van der Waals surface area contributed by atoms with Crippen LogP contribution in [0, 0.1) is 5.41 Å². The summed E-state index contributed by atoms with van der Waals surface area (Å²) in [6.07, 6.45) is 1.13. The van der Waals surface area contributed by atoms with E-state index in [2.05, 4.69) is 57.9 Å². The Hall–Kier alpha value is -0.200. The average Bonchev–Trinajstić information content (AvgIpc) is 2.41. The molecule has 0 amide bonds.